The quantitative estimate of drug-likeness (QED) is 0.347. The second-order valence-electron chi connectivity index (χ2n) is 8.27. The Morgan fingerprint density at radius 3 is 2.03 bits per heavy atom. The molecule has 2 rings (SSSR count). The minimum absolute atomic E-state index is 0.0947. The molecule has 0 aromatic heterocycles. The largest absolute Gasteiger partial charge is 0.493 e. The van der Waals surface area contributed by atoms with Gasteiger partial charge in [0, 0.05) is 6.42 Å². The third-order valence-electron chi connectivity index (χ3n) is 6.09. The van der Waals surface area contributed by atoms with Crippen LogP contribution in [-0.4, -0.2) is 46.3 Å². The number of hydrogen-bond donors (Lipinski definition) is 2. The van der Waals surface area contributed by atoms with Crippen molar-refractivity contribution in [1.29, 1.82) is 5.26 Å². The molecule has 2 unspecified atom stereocenters. The fraction of sp³-hybridized carbons (Fsp3) is 0.500. The summed E-state index contributed by atoms with van der Waals surface area (Å²) in [5, 5.41) is 23.8. The van der Waals surface area contributed by atoms with E-state index in [2.05, 4.69) is 25.2 Å². The van der Waals surface area contributed by atoms with E-state index < -0.39 is 11.6 Å². The van der Waals surface area contributed by atoms with Crippen molar-refractivity contribution in [1.82, 2.24) is 5.32 Å². The van der Waals surface area contributed by atoms with Crippen LogP contribution in [0.4, 0.5) is 0 Å². The van der Waals surface area contributed by atoms with Gasteiger partial charge in [-0.1, -0.05) is 26.0 Å². The minimum Gasteiger partial charge on any atom is -0.493 e. The summed E-state index contributed by atoms with van der Waals surface area (Å²) in [6, 6.07) is 13.8. The molecule has 2 aromatic carbocycles. The minimum atomic E-state index is -0.709. The Morgan fingerprint density at radius 1 is 0.909 bits per heavy atom. The number of aliphatic hydroxyl groups is 1. The van der Waals surface area contributed by atoms with E-state index >= 15 is 0 Å². The number of methoxy groups -OCH3 is 4. The van der Waals surface area contributed by atoms with Gasteiger partial charge in [0.15, 0.2) is 23.0 Å². The van der Waals surface area contributed by atoms with Crippen molar-refractivity contribution in [3.05, 3.63) is 47.5 Å². The van der Waals surface area contributed by atoms with E-state index in [9.17, 15) is 10.4 Å². The first-order valence-electron chi connectivity index (χ1n) is 11.1. The molecule has 0 bridgehead atoms. The molecule has 0 aliphatic carbocycles. The standard InChI is InChI=1S/C26H36N2O5/c1-18(2)26(17-27,20-9-11-22(31-4)24(16-20)33-6)12-7-13-28-25(29)15-19-8-10-21(30-3)23(14-19)32-5/h8-11,14,16,18,25,28-29H,7,12-13,15H2,1-6H3. The number of benzene rings is 2. The normalized spacial score (nSPS) is 13.7. The molecule has 7 nitrogen and oxygen atoms in total. The van der Waals surface area contributed by atoms with Crippen LogP contribution in [0.25, 0.3) is 0 Å². The van der Waals surface area contributed by atoms with Crippen molar-refractivity contribution in [2.45, 2.75) is 44.8 Å². The van der Waals surface area contributed by atoms with Gasteiger partial charge in [0.2, 0.25) is 0 Å². The Kier molecular flexibility index (Phi) is 9.83. The lowest BCUT2D eigenvalue weighted by Crippen LogP contribution is -2.35. The summed E-state index contributed by atoms with van der Waals surface area (Å²) in [6.07, 6.45) is 1.10. The zero-order chi connectivity index (χ0) is 24.4. The summed E-state index contributed by atoms with van der Waals surface area (Å²) < 4.78 is 21.4. The van der Waals surface area contributed by atoms with Crippen LogP contribution in [0.1, 0.15) is 37.8 Å². The van der Waals surface area contributed by atoms with Crippen molar-refractivity contribution in [2.24, 2.45) is 5.92 Å². The molecule has 0 heterocycles. The average molecular weight is 457 g/mol. The molecule has 0 aliphatic rings. The highest BCUT2D eigenvalue weighted by atomic mass is 16.5. The molecular weight excluding hydrogens is 420 g/mol. The monoisotopic (exact) mass is 456 g/mol. The Bertz CT molecular complexity index is 941. The van der Waals surface area contributed by atoms with Crippen molar-refractivity contribution < 1.29 is 24.1 Å². The van der Waals surface area contributed by atoms with E-state index in [1.54, 1.807) is 28.4 Å². The second-order valence-corrected chi connectivity index (χ2v) is 8.27. The molecule has 33 heavy (non-hydrogen) atoms. The van der Waals surface area contributed by atoms with Gasteiger partial charge < -0.3 is 24.1 Å². The highest BCUT2D eigenvalue weighted by Gasteiger charge is 2.36. The molecule has 0 amide bonds. The maximum absolute atomic E-state index is 10.5. The zero-order valence-electron chi connectivity index (χ0n) is 20.5. The summed E-state index contributed by atoms with van der Waals surface area (Å²) in [5.74, 6) is 2.63. The molecule has 0 aliphatic heterocycles. The topological polar surface area (TPSA) is 93.0 Å². The van der Waals surface area contributed by atoms with Gasteiger partial charge in [-0.05, 0) is 60.7 Å². The van der Waals surface area contributed by atoms with E-state index in [1.807, 2.05) is 36.4 Å². The number of nitrogens with zero attached hydrogens (tertiary/aromatic N) is 1. The lowest BCUT2D eigenvalue weighted by Gasteiger charge is -2.32. The second kappa shape index (κ2) is 12.3. The summed E-state index contributed by atoms with van der Waals surface area (Å²) in [4.78, 5) is 0. The predicted octanol–water partition coefficient (Wildman–Crippen LogP) is 4.07. The highest BCUT2D eigenvalue weighted by molar-refractivity contribution is 5.47. The smallest absolute Gasteiger partial charge is 0.161 e. The molecule has 0 saturated carbocycles. The zero-order valence-corrected chi connectivity index (χ0v) is 20.5. The SMILES string of the molecule is COc1ccc(CC(O)NCCCC(C#N)(c2ccc(OC)c(OC)c2)C(C)C)cc1OC. The van der Waals surface area contributed by atoms with Gasteiger partial charge in [-0.25, -0.2) is 0 Å². The summed E-state index contributed by atoms with van der Waals surface area (Å²) in [6.45, 7) is 4.69. The van der Waals surface area contributed by atoms with E-state index in [1.165, 1.54) is 0 Å². The number of hydrogen-bond acceptors (Lipinski definition) is 7. The lowest BCUT2D eigenvalue weighted by atomic mass is 9.70. The van der Waals surface area contributed by atoms with Crippen molar-refractivity contribution in [3.8, 4) is 29.1 Å². The van der Waals surface area contributed by atoms with Crippen LogP contribution in [-0.2, 0) is 11.8 Å². The van der Waals surface area contributed by atoms with E-state index in [-0.39, 0.29) is 5.92 Å². The third kappa shape index (κ3) is 6.31. The molecule has 2 N–H and O–H groups in total. The summed E-state index contributed by atoms with van der Waals surface area (Å²) in [7, 11) is 6.37. The molecular formula is C26H36N2O5. The first-order valence-corrected chi connectivity index (χ1v) is 11.1. The van der Waals surface area contributed by atoms with Gasteiger partial charge in [0.05, 0.1) is 39.9 Å². The molecule has 0 radical (unpaired) electrons. The van der Waals surface area contributed by atoms with Gasteiger partial charge in [-0.3, -0.25) is 5.32 Å². The van der Waals surface area contributed by atoms with E-state index in [0.29, 0.717) is 42.4 Å². The molecule has 2 aromatic rings. The van der Waals surface area contributed by atoms with Gasteiger partial charge in [-0.2, -0.15) is 5.26 Å². The fourth-order valence-corrected chi connectivity index (χ4v) is 4.07. The lowest BCUT2D eigenvalue weighted by molar-refractivity contribution is 0.136. The molecule has 7 heteroatoms. The molecule has 2 atom stereocenters. The fourth-order valence-electron chi connectivity index (χ4n) is 4.07. The number of nitriles is 1. The van der Waals surface area contributed by atoms with Crippen molar-refractivity contribution >= 4 is 0 Å². The molecule has 180 valence electrons. The number of rotatable bonds is 13. The van der Waals surface area contributed by atoms with Crippen LogP contribution < -0.4 is 24.3 Å². The van der Waals surface area contributed by atoms with Crippen LogP contribution in [0.5, 0.6) is 23.0 Å². The number of ether oxygens (including phenoxy) is 4. The molecule has 0 fully saturated rings. The van der Waals surface area contributed by atoms with Gasteiger partial charge in [0.25, 0.3) is 0 Å². The first kappa shape index (κ1) is 26.3. The maximum Gasteiger partial charge on any atom is 0.161 e. The number of nitrogens with one attached hydrogen (secondary N) is 1. The third-order valence-corrected chi connectivity index (χ3v) is 6.09. The van der Waals surface area contributed by atoms with Gasteiger partial charge >= 0.3 is 0 Å². The molecule has 0 saturated heterocycles. The first-order chi connectivity index (χ1) is 15.8. The molecule has 0 spiro atoms. The van der Waals surface area contributed by atoms with Crippen LogP contribution in [0.2, 0.25) is 0 Å². The Hall–Kier alpha value is -2.95. The van der Waals surface area contributed by atoms with Crippen LogP contribution in [0.15, 0.2) is 36.4 Å². The highest BCUT2D eigenvalue weighted by Crippen LogP contribution is 2.40. The van der Waals surface area contributed by atoms with Crippen LogP contribution in [0.3, 0.4) is 0 Å². The predicted molar refractivity (Wildman–Crippen MR) is 128 cm³/mol. The average Bonchev–Trinajstić information content (AvgIpc) is 2.83. The van der Waals surface area contributed by atoms with Crippen LogP contribution >= 0.6 is 0 Å². The van der Waals surface area contributed by atoms with Crippen molar-refractivity contribution in [2.75, 3.05) is 35.0 Å². The van der Waals surface area contributed by atoms with Gasteiger partial charge in [0.1, 0.15) is 6.23 Å². The Balaban J connectivity index is 2.02. The Morgan fingerprint density at radius 2 is 1.48 bits per heavy atom. The summed E-state index contributed by atoms with van der Waals surface area (Å²) in [5.41, 5.74) is 1.17. The van der Waals surface area contributed by atoms with Gasteiger partial charge in [-0.15, -0.1) is 0 Å². The summed E-state index contributed by atoms with van der Waals surface area (Å²) >= 11 is 0. The maximum atomic E-state index is 10.5. The van der Waals surface area contributed by atoms with Crippen molar-refractivity contribution in [3.63, 3.8) is 0 Å². The Labute approximate surface area is 197 Å². The number of aliphatic hydroxyl groups excluding tert-OH is 1. The van der Waals surface area contributed by atoms with E-state index in [4.69, 9.17) is 18.9 Å². The van der Waals surface area contributed by atoms with E-state index in [0.717, 1.165) is 17.5 Å². The van der Waals surface area contributed by atoms with Crippen LogP contribution in [0, 0.1) is 17.2 Å².